The number of amides is 1. The molecule has 0 N–H and O–H groups in total. The average Bonchev–Trinajstić information content (AvgIpc) is 2.74. The van der Waals surface area contributed by atoms with E-state index in [4.69, 9.17) is 4.74 Å². The molecule has 1 amide bonds. The first-order valence-electron chi connectivity index (χ1n) is 9.50. The van der Waals surface area contributed by atoms with E-state index < -0.39 is 0 Å². The number of hydrogen-bond donors (Lipinski definition) is 0. The second-order valence-electron chi connectivity index (χ2n) is 6.92. The van der Waals surface area contributed by atoms with Gasteiger partial charge in [-0.25, -0.2) is 9.97 Å². The van der Waals surface area contributed by atoms with Crippen LogP contribution in [0.3, 0.4) is 0 Å². The van der Waals surface area contributed by atoms with E-state index in [-0.39, 0.29) is 11.9 Å². The van der Waals surface area contributed by atoms with Gasteiger partial charge in [-0.05, 0) is 50.2 Å². The molecule has 29 heavy (non-hydrogen) atoms. The van der Waals surface area contributed by atoms with E-state index in [0.29, 0.717) is 24.4 Å². The number of aromatic nitrogens is 4. The lowest BCUT2D eigenvalue weighted by Crippen LogP contribution is -2.49. The fraction of sp³-hybridized carbons (Fsp3) is 0.286. The molecule has 0 saturated carbocycles. The Morgan fingerprint density at radius 2 is 1.79 bits per heavy atom. The zero-order valence-electron chi connectivity index (χ0n) is 16.4. The number of piperazine rings is 1. The molecule has 4 rings (SSSR count). The van der Waals surface area contributed by atoms with Crippen molar-refractivity contribution in [1.82, 2.24) is 25.1 Å². The Balaban J connectivity index is 1.40. The fourth-order valence-corrected chi connectivity index (χ4v) is 3.15. The van der Waals surface area contributed by atoms with E-state index in [9.17, 15) is 4.79 Å². The third kappa shape index (κ3) is 4.48. The first kappa shape index (κ1) is 18.8. The summed E-state index contributed by atoms with van der Waals surface area (Å²) < 4.78 is 5.71. The van der Waals surface area contributed by atoms with E-state index >= 15 is 0 Å². The van der Waals surface area contributed by atoms with Gasteiger partial charge >= 0.3 is 6.01 Å². The Morgan fingerprint density at radius 3 is 2.52 bits per heavy atom. The molecular weight excluding hydrogens is 368 g/mol. The Kier molecular flexibility index (Phi) is 5.33. The second kappa shape index (κ2) is 8.22. The van der Waals surface area contributed by atoms with Crippen LogP contribution < -0.4 is 9.64 Å². The molecule has 0 aliphatic carbocycles. The summed E-state index contributed by atoms with van der Waals surface area (Å²) in [6, 6.07) is 13.1. The number of benzene rings is 1. The van der Waals surface area contributed by atoms with Gasteiger partial charge in [-0.3, -0.25) is 4.79 Å². The van der Waals surface area contributed by atoms with Crippen molar-refractivity contribution in [2.24, 2.45) is 0 Å². The van der Waals surface area contributed by atoms with Crippen LogP contribution in [0.25, 0.3) is 0 Å². The number of hydrogen-bond acceptors (Lipinski definition) is 7. The van der Waals surface area contributed by atoms with Crippen LogP contribution >= 0.6 is 0 Å². The molecule has 148 valence electrons. The lowest BCUT2D eigenvalue weighted by atomic mass is 10.1. The lowest BCUT2D eigenvalue weighted by Gasteiger charge is -2.35. The number of nitrogens with zero attached hydrogens (tertiary/aromatic N) is 6. The molecule has 8 nitrogen and oxygen atoms in total. The molecule has 3 aromatic rings. The third-order valence-electron chi connectivity index (χ3n) is 4.74. The number of carbonyl (C=O) groups excluding carboxylic acids is 1. The van der Waals surface area contributed by atoms with E-state index in [1.807, 2.05) is 30.9 Å². The van der Waals surface area contributed by atoms with Gasteiger partial charge in [0.15, 0.2) is 5.82 Å². The van der Waals surface area contributed by atoms with Gasteiger partial charge in [0.2, 0.25) is 0 Å². The van der Waals surface area contributed by atoms with Crippen molar-refractivity contribution >= 4 is 11.7 Å². The van der Waals surface area contributed by atoms with Crippen LogP contribution in [0.15, 0.2) is 48.7 Å². The van der Waals surface area contributed by atoms with Gasteiger partial charge in [0, 0.05) is 43.6 Å². The van der Waals surface area contributed by atoms with Gasteiger partial charge in [0.1, 0.15) is 5.75 Å². The molecule has 8 heteroatoms. The van der Waals surface area contributed by atoms with Crippen molar-refractivity contribution < 1.29 is 9.53 Å². The van der Waals surface area contributed by atoms with Gasteiger partial charge in [-0.15, -0.1) is 5.10 Å². The highest BCUT2D eigenvalue weighted by Gasteiger charge is 2.23. The first-order chi connectivity index (χ1) is 14.1. The monoisotopic (exact) mass is 390 g/mol. The molecule has 0 atom stereocenters. The van der Waals surface area contributed by atoms with Crippen molar-refractivity contribution in [3.63, 3.8) is 0 Å². The smallest absolute Gasteiger partial charge is 0.322 e. The largest absolute Gasteiger partial charge is 0.424 e. The van der Waals surface area contributed by atoms with Gasteiger partial charge in [-0.1, -0.05) is 6.07 Å². The predicted molar refractivity (Wildman–Crippen MR) is 108 cm³/mol. The van der Waals surface area contributed by atoms with Crippen molar-refractivity contribution in [3.05, 3.63) is 65.6 Å². The fourth-order valence-electron chi connectivity index (χ4n) is 3.15. The number of anilines is 1. The Bertz CT molecular complexity index is 1000. The van der Waals surface area contributed by atoms with Crippen LogP contribution in [0, 0.1) is 13.8 Å². The maximum atomic E-state index is 12.9. The van der Waals surface area contributed by atoms with Crippen LogP contribution in [0.1, 0.15) is 21.7 Å². The van der Waals surface area contributed by atoms with Crippen LogP contribution in [0.2, 0.25) is 0 Å². The Morgan fingerprint density at radius 1 is 0.966 bits per heavy atom. The van der Waals surface area contributed by atoms with Gasteiger partial charge in [0.25, 0.3) is 5.91 Å². The van der Waals surface area contributed by atoms with Gasteiger partial charge < -0.3 is 14.5 Å². The van der Waals surface area contributed by atoms with Crippen LogP contribution in [-0.4, -0.2) is 57.2 Å². The molecule has 1 saturated heterocycles. The second-order valence-corrected chi connectivity index (χ2v) is 6.92. The SMILES string of the molecule is Cc1ccc(N2CCN(C(=O)c3cccc(Oc4nccc(C)n4)c3)CC2)nn1. The topological polar surface area (TPSA) is 84.3 Å². The Hall–Kier alpha value is -3.55. The zero-order chi connectivity index (χ0) is 20.2. The van der Waals surface area contributed by atoms with E-state index in [1.165, 1.54) is 0 Å². The minimum absolute atomic E-state index is 0.0183. The molecule has 1 fully saturated rings. The molecule has 0 unspecified atom stereocenters. The highest BCUT2D eigenvalue weighted by Crippen LogP contribution is 2.21. The Labute approximate surface area is 169 Å². The normalized spacial score (nSPS) is 14.0. The van der Waals surface area contributed by atoms with Crippen molar-refractivity contribution in [2.75, 3.05) is 31.1 Å². The minimum atomic E-state index is -0.0183. The highest BCUT2D eigenvalue weighted by atomic mass is 16.5. The van der Waals surface area contributed by atoms with Crippen molar-refractivity contribution in [1.29, 1.82) is 0 Å². The summed E-state index contributed by atoms with van der Waals surface area (Å²) in [5.74, 6) is 1.36. The van der Waals surface area contributed by atoms with E-state index in [2.05, 4.69) is 25.1 Å². The van der Waals surface area contributed by atoms with Crippen LogP contribution in [0.5, 0.6) is 11.8 Å². The number of ether oxygens (including phenoxy) is 1. The molecule has 1 aliphatic rings. The summed E-state index contributed by atoms with van der Waals surface area (Å²) >= 11 is 0. The molecule has 0 spiro atoms. The maximum Gasteiger partial charge on any atom is 0.322 e. The number of carbonyl (C=O) groups is 1. The number of rotatable bonds is 4. The van der Waals surface area contributed by atoms with Gasteiger partial charge in [0.05, 0.1) is 5.69 Å². The first-order valence-corrected chi connectivity index (χ1v) is 9.50. The molecular formula is C21H22N6O2. The standard InChI is InChI=1S/C21H22N6O2/c1-15-8-9-22-21(23-15)29-18-5-3-4-17(14-18)20(28)27-12-10-26(11-13-27)19-7-6-16(2)24-25-19/h3-9,14H,10-13H2,1-2H3. The maximum absolute atomic E-state index is 12.9. The molecule has 2 aromatic heterocycles. The van der Waals surface area contributed by atoms with Crippen LogP contribution in [-0.2, 0) is 0 Å². The molecule has 0 radical (unpaired) electrons. The zero-order valence-corrected chi connectivity index (χ0v) is 16.4. The van der Waals surface area contributed by atoms with E-state index in [0.717, 1.165) is 30.3 Å². The summed E-state index contributed by atoms with van der Waals surface area (Å²) in [7, 11) is 0. The lowest BCUT2D eigenvalue weighted by molar-refractivity contribution is 0.0746. The molecule has 3 heterocycles. The van der Waals surface area contributed by atoms with Crippen LogP contribution in [0.4, 0.5) is 5.82 Å². The summed E-state index contributed by atoms with van der Waals surface area (Å²) in [4.78, 5) is 25.3. The van der Waals surface area contributed by atoms with Gasteiger partial charge in [-0.2, -0.15) is 5.10 Å². The highest BCUT2D eigenvalue weighted by molar-refractivity contribution is 5.94. The summed E-state index contributed by atoms with van der Waals surface area (Å²) in [5.41, 5.74) is 2.29. The summed E-state index contributed by atoms with van der Waals surface area (Å²) in [6.45, 7) is 6.47. The average molecular weight is 390 g/mol. The molecule has 1 aromatic carbocycles. The quantitative estimate of drug-likeness (QED) is 0.677. The summed E-state index contributed by atoms with van der Waals surface area (Å²) in [6.07, 6.45) is 1.64. The number of aryl methyl sites for hydroxylation is 2. The molecule has 0 bridgehead atoms. The minimum Gasteiger partial charge on any atom is -0.424 e. The van der Waals surface area contributed by atoms with Crippen molar-refractivity contribution in [2.45, 2.75) is 13.8 Å². The third-order valence-corrected chi connectivity index (χ3v) is 4.74. The van der Waals surface area contributed by atoms with Crippen molar-refractivity contribution in [3.8, 4) is 11.8 Å². The molecule has 1 aliphatic heterocycles. The summed E-state index contributed by atoms with van der Waals surface area (Å²) in [5, 5.41) is 8.34. The predicted octanol–water partition coefficient (Wildman–Crippen LogP) is 2.64. The van der Waals surface area contributed by atoms with E-state index in [1.54, 1.807) is 36.5 Å².